The fraction of sp³-hybridized carbons (Fsp3) is 0.500. The van der Waals surface area contributed by atoms with Crippen molar-refractivity contribution in [2.24, 2.45) is 0 Å². The summed E-state index contributed by atoms with van der Waals surface area (Å²) in [7, 11) is 0. The average Bonchev–Trinajstić information content (AvgIpc) is 2.15. The first kappa shape index (κ1) is 13.2. The molecule has 0 aliphatic heterocycles. The Hall–Kier alpha value is -1.89. The number of pyridine rings is 1. The van der Waals surface area contributed by atoms with Crippen LogP contribution in [-0.4, -0.2) is 26.7 Å². The maximum Gasteiger partial charge on any atom is 0.276 e. The molecule has 0 fully saturated rings. The van der Waals surface area contributed by atoms with Crippen molar-refractivity contribution in [1.29, 1.82) is 0 Å². The topological polar surface area (TPSA) is 114 Å². The lowest BCUT2D eigenvalue weighted by Gasteiger charge is -2.29. The van der Waals surface area contributed by atoms with Crippen molar-refractivity contribution in [2.45, 2.75) is 32.4 Å². The highest BCUT2D eigenvalue weighted by molar-refractivity contribution is 5.53. The Morgan fingerprint density at radius 1 is 1.59 bits per heavy atom. The van der Waals surface area contributed by atoms with Gasteiger partial charge in [0.1, 0.15) is 11.6 Å². The van der Waals surface area contributed by atoms with Crippen molar-refractivity contribution in [1.82, 2.24) is 4.98 Å². The first-order valence-electron chi connectivity index (χ1n) is 5.10. The van der Waals surface area contributed by atoms with E-state index in [9.17, 15) is 15.2 Å². The number of nitrogens with two attached hydrogens (primary N) is 1. The van der Waals surface area contributed by atoms with Gasteiger partial charge in [0.15, 0.2) is 0 Å². The van der Waals surface area contributed by atoms with Crippen molar-refractivity contribution < 1.29 is 10.0 Å². The number of aliphatic hydroxyl groups excluding tert-OH is 1. The smallest absolute Gasteiger partial charge is 0.276 e. The molecule has 0 bridgehead atoms. The van der Waals surface area contributed by atoms with Crippen LogP contribution < -0.4 is 11.1 Å². The highest BCUT2D eigenvalue weighted by Crippen LogP contribution is 2.22. The summed E-state index contributed by atoms with van der Waals surface area (Å²) in [6.45, 7) is 5.14. The van der Waals surface area contributed by atoms with E-state index in [4.69, 9.17) is 5.73 Å². The summed E-state index contributed by atoms with van der Waals surface area (Å²) in [6.07, 6.45) is -0.648. The molecule has 17 heavy (non-hydrogen) atoms. The van der Waals surface area contributed by atoms with Crippen LogP contribution in [0.4, 0.5) is 17.3 Å². The number of aliphatic hydroxyl groups is 1. The van der Waals surface area contributed by atoms with Gasteiger partial charge in [0, 0.05) is 0 Å². The van der Waals surface area contributed by atoms with Crippen LogP contribution in [0.5, 0.6) is 0 Å². The van der Waals surface area contributed by atoms with Crippen molar-refractivity contribution in [3.05, 3.63) is 22.2 Å². The lowest BCUT2D eigenvalue weighted by molar-refractivity contribution is -0.384. The molecule has 1 aromatic rings. The van der Waals surface area contributed by atoms with E-state index in [1.54, 1.807) is 20.8 Å². The molecule has 1 rings (SSSR count). The number of hydrogen-bond acceptors (Lipinski definition) is 6. The molecule has 1 aromatic heterocycles. The molecule has 4 N–H and O–H groups in total. The first-order chi connectivity index (χ1) is 7.72. The van der Waals surface area contributed by atoms with Gasteiger partial charge in [-0.15, -0.1) is 0 Å². The molecule has 7 nitrogen and oxygen atoms in total. The van der Waals surface area contributed by atoms with Crippen molar-refractivity contribution >= 4 is 17.3 Å². The summed E-state index contributed by atoms with van der Waals surface area (Å²) in [4.78, 5) is 14.0. The monoisotopic (exact) mass is 240 g/mol. The van der Waals surface area contributed by atoms with Crippen LogP contribution >= 0.6 is 0 Å². The van der Waals surface area contributed by atoms with Crippen LogP contribution in [0.2, 0.25) is 0 Å². The van der Waals surface area contributed by atoms with E-state index in [2.05, 4.69) is 10.3 Å². The minimum Gasteiger partial charge on any atom is -0.391 e. The summed E-state index contributed by atoms with van der Waals surface area (Å²) in [5, 5.41) is 23.1. The third-order valence-corrected chi connectivity index (χ3v) is 2.54. The second-order valence-electron chi connectivity index (χ2n) is 4.42. The van der Waals surface area contributed by atoms with Crippen LogP contribution in [0, 0.1) is 10.1 Å². The number of nitrogen functional groups attached to an aromatic ring is 1. The van der Waals surface area contributed by atoms with Gasteiger partial charge in [0.05, 0.1) is 28.7 Å². The van der Waals surface area contributed by atoms with Crippen LogP contribution in [0.15, 0.2) is 12.1 Å². The molecule has 1 unspecified atom stereocenters. The van der Waals surface area contributed by atoms with Crippen LogP contribution in [0.1, 0.15) is 20.8 Å². The number of nitrogens with zero attached hydrogens (tertiary/aromatic N) is 2. The quantitative estimate of drug-likeness (QED) is 0.537. The third kappa shape index (κ3) is 3.28. The second-order valence-corrected chi connectivity index (χ2v) is 4.42. The zero-order valence-corrected chi connectivity index (χ0v) is 9.97. The van der Waals surface area contributed by atoms with Crippen LogP contribution in [0.25, 0.3) is 0 Å². The fourth-order valence-corrected chi connectivity index (χ4v) is 1.14. The molecule has 0 amide bonds. The predicted octanol–water partition coefficient (Wildman–Crippen LogP) is 1.14. The Morgan fingerprint density at radius 3 is 2.65 bits per heavy atom. The van der Waals surface area contributed by atoms with E-state index in [1.165, 1.54) is 12.1 Å². The highest BCUT2D eigenvalue weighted by Gasteiger charge is 2.25. The van der Waals surface area contributed by atoms with Gasteiger partial charge in [-0.05, 0) is 20.8 Å². The van der Waals surface area contributed by atoms with Crippen molar-refractivity contribution in [2.75, 3.05) is 11.1 Å². The number of aromatic nitrogens is 1. The Labute approximate surface area is 98.8 Å². The molecule has 0 spiro atoms. The number of nitro groups is 1. The Balaban J connectivity index is 3.03. The van der Waals surface area contributed by atoms with E-state index in [1.807, 2.05) is 0 Å². The molecular weight excluding hydrogens is 224 g/mol. The molecule has 0 aliphatic carbocycles. The molecule has 0 saturated carbocycles. The van der Waals surface area contributed by atoms with Gasteiger partial charge in [-0.2, -0.15) is 0 Å². The van der Waals surface area contributed by atoms with Gasteiger partial charge < -0.3 is 16.2 Å². The lowest BCUT2D eigenvalue weighted by Crippen LogP contribution is -2.42. The number of anilines is 2. The predicted molar refractivity (Wildman–Crippen MR) is 64.7 cm³/mol. The molecule has 7 heteroatoms. The van der Waals surface area contributed by atoms with Gasteiger partial charge in [0.25, 0.3) is 5.69 Å². The first-order valence-corrected chi connectivity index (χ1v) is 5.10. The number of nitrogens with one attached hydrogen (secondary N) is 1. The summed E-state index contributed by atoms with van der Waals surface area (Å²) in [5.41, 5.74) is 4.68. The molecule has 0 saturated heterocycles. The largest absolute Gasteiger partial charge is 0.391 e. The van der Waals surface area contributed by atoms with E-state index in [0.29, 0.717) is 0 Å². The summed E-state index contributed by atoms with van der Waals surface area (Å²) >= 11 is 0. The Bertz CT molecular complexity index is 432. The molecule has 0 aromatic carbocycles. The number of hydrogen-bond donors (Lipinski definition) is 3. The van der Waals surface area contributed by atoms with Crippen molar-refractivity contribution in [3.63, 3.8) is 0 Å². The van der Waals surface area contributed by atoms with E-state index < -0.39 is 16.6 Å². The van der Waals surface area contributed by atoms with Gasteiger partial charge in [-0.25, -0.2) is 4.98 Å². The molecule has 1 heterocycles. The fourth-order valence-electron chi connectivity index (χ4n) is 1.14. The molecule has 0 radical (unpaired) electrons. The second kappa shape index (κ2) is 4.54. The van der Waals surface area contributed by atoms with Gasteiger partial charge in [-0.3, -0.25) is 10.1 Å². The molecule has 1 atom stereocenters. The number of rotatable bonds is 4. The van der Waals surface area contributed by atoms with E-state index >= 15 is 0 Å². The molecular formula is C10H16N4O3. The minimum atomic E-state index is -0.658. The van der Waals surface area contributed by atoms with Gasteiger partial charge >= 0.3 is 0 Å². The van der Waals surface area contributed by atoms with Crippen molar-refractivity contribution in [3.8, 4) is 0 Å². The maximum atomic E-state index is 10.6. The molecule has 0 aliphatic rings. The summed E-state index contributed by atoms with van der Waals surface area (Å²) in [5.74, 6) is 0.325. The van der Waals surface area contributed by atoms with E-state index in [-0.39, 0.29) is 17.3 Å². The average molecular weight is 240 g/mol. The zero-order chi connectivity index (χ0) is 13.2. The maximum absolute atomic E-state index is 10.6. The lowest BCUT2D eigenvalue weighted by atomic mass is 9.99. The standard InChI is InChI=1S/C10H16N4O3/c1-6(15)10(2,3)13-9-5-7(14(16)17)4-8(11)12-9/h4-6,15H,1-3H3,(H3,11,12,13). The highest BCUT2D eigenvalue weighted by atomic mass is 16.6. The molecule has 94 valence electrons. The third-order valence-electron chi connectivity index (χ3n) is 2.54. The summed E-state index contributed by atoms with van der Waals surface area (Å²) < 4.78 is 0. The Morgan fingerprint density at radius 2 is 2.18 bits per heavy atom. The van der Waals surface area contributed by atoms with Crippen LogP contribution in [0.3, 0.4) is 0 Å². The normalized spacial score (nSPS) is 13.2. The SMILES string of the molecule is CC(O)C(C)(C)Nc1cc([N+](=O)[O-])cc(N)n1. The van der Waals surface area contributed by atoms with Gasteiger partial charge in [-0.1, -0.05) is 0 Å². The van der Waals surface area contributed by atoms with Gasteiger partial charge in [0.2, 0.25) is 0 Å². The minimum absolute atomic E-state index is 0.0584. The van der Waals surface area contributed by atoms with E-state index in [0.717, 1.165) is 0 Å². The summed E-state index contributed by atoms with van der Waals surface area (Å²) in [6, 6.07) is 2.46. The zero-order valence-electron chi connectivity index (χ0n) is 9.97. The van der Waals surface area contributed by atoms with Crippen LogP contribution in [-0.2, 0) is 0 Å². The Kier molecular flexibility index (Phi) is 3.52.